The van der Waals surface area contributed by atoms with Crippen molar-refractivity contribution in [2.24, 2.45) is 0 Å². The van der Waals surface area contributed by atoms with Crippen LogP contribution in [0.4, 0.5) is 0 Å². The van der Waals surface area contributed by atoms with E-state index in [0.29, 0.717) is 6.61 Å². The number of ether oxygens (including phenoxy) is 1. The molecular weight excluding hydrogens is 188 g/mol. The Morgan fingerprint density at radius 2 is 2.00 bits per heavy atom. The Morgan fingerprint density at radius 1 is 1.33 bits per heavy atom. The van der Waals surface area contributed by atoms with Crippen molar-refractivity contribution in [2.75, 3.05) is 6.61 Å². The topological polar surface area (TPSA) is 26.3 Å². The first kappa shape index (κ1) is 11.5. The summed E-state index contributed by atoms with van der Waals surface area (Å²) in [4.78, 5) is 10.7. The molecule has 2 heteroatoms. The van der Waals surface area contributed by atoms with Gasteiger partial charge in [-0.3, -0.25) is 4.79 Å². The summed E-state index contributed by atoms with van der Waals surface area (Å²) in [5.74, 6) is -0.234. The quantitative estimate of drug-likeness (QED) is 0.557. The lowest BCUT2D eigenvalue weighted by Gasteiger charge is -2.07. The van der Waals surface area contributed by atoms with Crippen molar-refractivity contribution in [1.82, 2.24) is 0 Å². The summed E-state index contributed by atoms with van der Waals surface area (Å²) >= 11 is 0. The van der Waals surface area contributed by atoms with E-state index in [9.17, 15) is 4.79 Å². The summed E-state index contributed by atoms with van der Waals surface area (Å²) in [6.45, 7) is 3.78. The lowest BCUT2D eigenvalue weighted by molar-refractivity contribution is -0.140. The summed E-state index contributed by atoms with van der Waals surface area (Å²) in [5, 5.41) is 0. The van der Waals surface area contributed by atoms with Gasteiger partial charge in [-0.1, -0.05) is 36.4 Å². The number of benzene rings is 1. The molecule has 0 amide bonds. The third-order valence-electron chi connectivity index (χ3n) is 2.14. The second-order valence-corrected chi connectivity index (χ2v) is 3.39. The first-order valence-electron chi connectivity index (χ1n) is 5.03. The van der Waals surface area contributed by atoms with Gasteiger partial charge in [-0.25, -0.2) is 0 Å². The molecule has 1 aromatic rings. The highest BCUT2D eigenvalue weighted by Gasteiger charge is 2.00. The Morgan fingerprint density at radius 3 is 2.53 bits per heavy atom. The molecule has 0 N–H and O–H groups in total. The number of rotatable bonds is 4. The van der Waals surface area contributed by atoms with E-state index in [1.165, 1.54) is 12.5 Å². The van der Waals surface area contributed by atoms with E-state index < -0.39 is 0 Å². The first-order chi connectivity index (χ1) is 7.22. The van der Waals surface area contributed by atoms with E-state index in [4.69, 9.17) is 4.74 Å². The van der Waals surface area contributed by atoms with Crippen LogP contribution in [0.3, 0.4) is 0 Å². The average molecular weight is 204 g/mol. The van der Waals surface area contributed by atoms with Crippen LogP contribution in [0.15, 0.2) is 42.0 Å². The first-order valence-corrected chi connectivity index (χ1v) is 5.03. The molecule has 2 nitrogen and oxygen atoms in total. The number of carbonyl (C=O) groups excluding carboxylic acids is 1. The molecule has 0 aliphatic heterocycles. The zero-order valence-electron chi connectivity index (χ0n) is 9.19. The fourth-order valence-corrected chi connectivity index (χ4v) is 1.29. The Balaban J connectivity index is 2.52. The van der Waals surface area contributed by atoms with Crippen molar-refractivity contribution in [1.29, 1.82) is 0 Å². The van der Waals surface area contributed by atoms with Crippen LogP contribution in [0.5, 0.6) is 0 Å². The monoisotopic (exact) mass is 204 g/mol. The number of hydrogen-bond acceptors (Lipinski definition) is 2. The van der Waals surface area contributed by atoms with Crippen LogP contribution in [0.1, 0.15) is 19.4 Å². The van der Waals surface area contributed by atoms with Crippen molar-refractivity contribution in [3.05, 3.63) is 47.5 Å². The molecule has 0 aliphatic carbocycles. The molecule has 0 unspecified atom stereocenters. The van der Waals surface area contributed by atoms with Gasteiger partial charge in [-0.05, 0) is 24.5 Å². The van der Waals surface area contributed by atoms with E-state index in [-0.39, 0.29) is 5.97 Å². The largest absolute Gasteiger partial charge is 0.461 e. The van der Waals surface area contributed by atoms with E-state index in [1.54, 1.807) is 0 Å². The van der Waals surface area contributed by atoms with Crippen molar-refractivity contribution in [3.8, 4) is 0 Å². The summed E-state index contributed by atoms with van der Waals surface area (Å²) < 4.78 is 4.96. The molecule has 0 saturated carbocycles. The smallest absolute Gasteiger partial charge is 0.302 e. The number of esters is 1. The standard InChI is InChI=1S/C13H16O2/c1-3-12(10-15-11(2)14)9-13-7-5-4-6-8-13/h3-8H,9-10H2,1-2H3/b12-3+. The highest BCUT2D eigenvalue weighted by atomic mass is 16.5. The molecule has 0 radical (unpaired) electrons. The Kier molecular flexibility index (Phi) is 4.61. The zero-order chi connectivity index (χ0) is 11.1. The third kappa shape index (κ3) is 4.45. The highest BCUT2D eigenvalue weighted by molar-refractivity contribution is 5.66. The SMILES string of the molecule is C/C=C(/COC(C)=O)Cc1ccccc1. The molecular formula is C13H16O2. The van der Waals surface area contributed by atoms with Gasteiger partial charge in [0.2, 0.25) is 0 Å². The summed E-state index contributed by atoms with van der Waals surface area (Å²) in [7, 11) is 0. The second-order valence-electron chi connectivity index (χ2n) is 3.39. The lowest BCUT2D eigenvalue weighted by atomic mass is 10.1. The maximum Gasteiger partial charge on any atom is 0.302 e. The van der Waals surface area contributed by atoms with E-state index >= 15 is 0 Å². The minimum Gasteiger partial charge on any atom is -0.461 e. The van der Waals surface area contributed by atoms with E-state index in [1.807, 2.05) is 31.2 Å². The maximum atomic E-state index is 10.7. The van der Waals surface area contributed by atoms with Crippen LogP contribution in [0.25, 0.3) is 0 Å². The van der Waals surface area contributed by atoms with E-state index in [2.05, 4.69) is 12.1 Å². The molecule has 1 aromatic carbocycles. The van der Waals surface area contributed by atoms with Gasteiger partial charge in [0.15, 0.2) is 0 Å². The molecule has 0 spiro atoms. The number of allylic oxidation sites excluding steroid dienone is 1. The van der Waals surface area contributed by atoms with Crippen molar-refractivity contribution >= 4 is 5.97 Å². The van der Waals surface area contributed by atoms with Gasteiger partial charge in [0.1, 0.15) is 6.61 Å². The lowest BCUT2D eigenvalue weighted by Crippen LogP contribution is -2.05. The van der Waals surface area contributed by atoms with Crippen LogP contribution in [-0.2, 0) is 16.0 Å². The fraction of sp³-hybridized carbons (Fsp3) is 0.308. The van der Waals surface area contributed by atoms with Crippen LogP contribution in [0, 0.1) is 0 Å². The molecule has 0 fully saturated rings. The van der Waals surface area contributed by atoms with Crippen LogP contribution >= 0.6 is 0 Å². The summed E-state index contributed by atoms with van der Waals surface area (Å²) in [6, 6.07) is 10.1. The van der Waals surface area contributed by atoms with Crippen LogP contribution in [-0.4, -0.2) is 12.6 Å². The van der Waals surface area contributed by atoms with Crippen molar-refractivity contribution in [3.63, 3.8) is 0 Å². The van der Waals surface area contributed by atoms with Gasteiger partial charge in [0, 0.05) is 6.92 Å². The minimum absolute atomic E-state index is 0.234. The second kappa shape index (κ2) is 6.02. The maximum absolute atomic E-state index is 10.7. The minimum atomic E-state index is -0.234. The van der Waals surface area contributed by atoms with Crippen LogP contribution < -0.4 is 0 Å². The average Bonchev–Trinajstić information content (AvgIpc) is 2.25. The molecule has 0 heterocycles. The highest BCUT2D eigenvalue weighted by Crippen LogP contribution is 2.08. The Bertz CT molecular complexity index is 339. The number of carbonyl (C=O) groups is 1. The molecule has 15 heavy (non-hydrogen) atoms. The van der Waals surface area contributed by atoms with Gasteiger partial charge >= 0.3 is 5.97 Å². The molecule has 0 atom stereocenters. The number of hydrogen-bond donors (Lipinski definition) is 0. The van der Waals surface area contributed by atoms with Gasteiger partial charge < -0.3 is 4.74 Å². The van der Waals surface area contributed by atoms with Gasteiger partial charge in [0.05, 0.1) is 0 Å². The Hall–Kier alpha value is -1.57. The summed E-state index contributed by atoms with van der Waals surface area (Å²) in [5.41, 5.74) is 2.36. The predicted molar refractivity (Wildman–Crippen MR) is 60.5 cm³/mol. The molecule has 1 rings (SSSR count). The van der Waals surface area contributed by atoms with Gasteiger partial charge in [-0.2, -0.15) is 0 Å². The summed E-state index contributed by atoms with van der Waals surface area (Å²) in [6.07, 6.45) is 2.83. The molecule has 0 saturated heterocycles. The van der Waals surface area contributed by atoms with Gasteiger partial charge in [0.25, 0.3) is 0 Å². The Labute approximate surface area is 90.6 Å². The molecule has 80 valence electrons. The van der Waals surface area contributed by atoms with Crippen LogP contribution in [0.2, 0.25) is 0 Å². The van der Waals surface area contributed by atoms with Crippen molar-refractivity contribution in [2.45, 2.75) is 20.3 Å². The van der Waals surface area contributed by atoms with Gasteiger partial charge in [-0.15, -0.1) is 0 Å². The van der Waals surface area contributed by atoms with Crippen molar-refractivity contribution < 1.29 is 9.53 Å². The predicted octanol–water partition coefficient (Wildman–Crippen LogP) is 2.74. The molecule has 0 bridgehead atoms. The van der Waals surface area contributed by atoms with E-state index in [0.717, 1.165) is 12.0 Å². The third-order valence-corrected chi connectivity index (χ3v) is 2.14. The molecule has 0 aromatic heterocycles. The fourth-order valence-electron chi connectivity index (χ4n) is 1.29. The molecule has 0 aliphatic rings. The normalized spacial score (nSPS) is 11.2. The zero-order valence-corrected chi connectivity index (χ0v) is 9.19.